The van der Waals surface area contributed by atoms with Gasteiger partial charge in [-0.2, -0.15) is 5.10 Å². The topological polar surface area (TPSA) is 64.4 Å². The summed E-state index contributed by atoms with van der Waals surface area (Å²) in [4.78, 5) is 26.9. The minimum absolute atomic E-state index is 0.223. The number of methoxy groups -OCH3 is 1. The molecule has 6 nitrogen and oxygen atoms in total. The van der Waals surface area contributed by atoms with Gasteiger partial charge in [-0.05, 0) is 17.2 Å². The second kappa shape index (κ2) is 9.62. The molecule has 2 aromatic carbocycles. The van der Waals surface area contributed by atoms with Crippen LogP contribution in [-0.2, 0) is 24.4 Å². The van der Waals surface area contributed by atoms with Crippen molar-refractivity contribution in [3.05, 3.63) is 100.0 Å². The molecule has 3 aromatic rings. The number of carbonyl (C=O) groups excluding carboxylic acids is 1. The van der Waals surface area contributed by atoms with E-state index in [0.717, 1.165) is 11.1 Å². The minimum Gasteiger partial charge on any atom is -0.383 e. The van der Waals surface area contributed by atoms with Gasteiger partial charge < -0.3 is 9.64 Å². The van der Waals surface area contributed by atoms with Crippen molar-refractivity contribution in [1.29, 1.82) is 0 Å². The van der Waals surface area contributed by atoms with Crippen molar-refractivity contribution < 1.29 is 9.53 Å². The fourth-order valence-electron chi connectivity index (χ4n) is 2.87. The largest absolute Gasteiger partial charge is 0.383 e. The third-order valence-electron chi connectivity index (χ3n) is 4.31. The summed E-state index contributed by atoms with van der Waals surface area (Å²) in [5, 5.41) is 4.25. The average Bonchev–Trinajstić information content (AvgIpc) is 2.74. The lowest BCUT2D eigenvalue weighted by Crippen LogP contribution is -2.33. The number of nitrogens with zero attached hydrogens (tertiary/aromatic N) is 3. The molecule has 0 bridgehead atoms. The predicted octanol–water partition coefficient (Wildman–Crippen LogP) is 2.73. The number of aromatic nitrogens is 2. The quantitative estimate of drug-likeness (QED) is 0.606. The summed E-state index contributed by atoms with van der Waals surface area (Å²) in [6.45, 7) is 1.55. The third kappa shape index (κ3) is 5.14. The highest BCUT2D eigenvalue weighted by atomic mass is 16.5. The van der Waals surface area contributed by atoms with Crippen LogP contribution >= 0.6 is 0 Å². The lowest BCUT2D eigenvalue weighted by molar-refractivity contribution is 0.0720. The van der Waals surface area contributed by atoms with Gasteiger partial charge in [0.2, 0.25) is 0 Å². The molecule has 0 atom stereocenters. The number of hydrogen-bond donors (Lipinski definition) is 0. The normalized spacial score (nSPS) is 10.6. The van der Waals surface area contributed by atoms with E-state index in [4.69, 9.17) is 4.74 Å². The number of ether oxygens (including phenoxy) is 1. The Morgan fingerprint density at radius 3 is 2.04 bits per heavy atom. The lowest BCUT2D eigenvalue weighted by atomic mass is 10.1. The Morgan fingerprint density at radius 1 is 0.929 bits per heavy atom. The average molecular weight is 377 g/mol. The van der Waals surface area contributed by atoms with Crippen LogP contribution in [0.25, 0.3) is 0 Å². The van der Waals surface area contributed by atoms with Crippen molar-refractivity contribution in [3.8, 4) is 0 Å². The second-order valence-electron chi connectivity index (χ2n) is 6.41. The first-order valence-electron chi connectivity index (χ1n) is 9.11. The van der Waals surface area contributed by atoms with Gasteiger partial charge in [-0.3, -0.25) is 9.59 Å². The smallest absolute Gasteiger partial charge is 0.274 e. The van der Waals surface area contributed by atoms with E-state index in [2.05, 4.69) is 5.10 Å². The van der Waals surface area contributed by atoms with Crippen LogP contribution < -0.4 is 5.56 Å². The molecule has 0 radical (unpaired) electrons. The van der Waals surface area contributed by atoms with Gasteiger partial charge in [-0.15, -0.1) is 0 Å². The summed E-state index contributed by atoms with van der Waals surface area (Å²) >= 11 is 0. The van der Waals surface area contributed by atoms with Crippen LogP contribution in [0.3, 0.4) is 0 Å². The van der Waals surface area contributed by atoms with Gasteiger partial charge in [-0.1, -0.05) is 60.7 Å². The first-order chi connectivity index (χ1) is 13.7. The van der Waals surface area contributed by atoms with E-state index in [1.54, 1.807) is 12.0 Å². The van der Waals surface area contributed by atoms with E-state index in [0.29, 0.717) is 26.2 Å². The van der Waals surface area contributed by atoms with Gasteiger partial charge in [0.1, 0.15) is 5.69 Å². The molecule has 0 fully saturated rings. The van der Waals surface area contributed by atoms with Crippen molar-refractivity contribution in [2.75, 3.05) is 13.7 Å². The van der Waals surface area contributed by atoms with Crippen LogP contribution in [0.15, 0.2) is 77.6 Å². The van der Waals surface area contributed by atoms with Crippen molar-refractivity contribution in [1.82, 2.24) is 14.7 Å². The molecular weight excluding hydrogens is 354 g/mol. The Labute approximate surface area is 164 Å². The standard InChI is InChI=1S/C22H23N3O3/c1-28-15-14-25-21(26)13-12-20(23-25)22(27)24(16-18-8-4-2-5-9-18)17-19-10-6-3-7-11-19/h2-13H,14-17H2,1H3. The summed E-state index contributed by atoms with van der Waals surface area (Å²) in [5.41, 5.74) is 2.04. The molecule has 0 aliphatic rings. The monoisotopic (exact) mass is 377 g/mol. The van der Waals surface area contributed by atoms with E-state index in [1.807, 2.05) is 60.7 Å². The van der Waals surface area contributed by atoms with Gasteiger partial charge in [0.05, 0.1) is 13.2 Å². The van der Waals surface area contributed by atoms with Crippen LogP contribution in [0.5, 0.6) is 0 Å². The number of amides is 1. The van der Waals surface area contributed by atoms with Crippen molar-refractivity contribution in [3.63, 3.8) is 0 Å². The molecule has 1 aromatic heterocycles. The second-order valence-corrected chi connectivity index (χ2v) is 6.41. The molecule has 0 saturated heterocycles. The van der Waals surface area contributed by atoms with Crippen LogP contribution in [0.4, 0.5) is 0 Å². The van der Waals surface area contributed by atoms with Crippen LogP contribution in [0.1, 0.15) is 21.6 Å². The molecule has 0 N–H and O–H groups in total. The van der Waals surface area contributed by atoms with E-state index < -0.39 is 0 Å². The summed E-state index contributed by atoms with van der Waals surface area (Å²) in [6, 6.07) is 22.5. The zero-order valence-corrected chi connectivity index (χ0v) is 15.8. The molecule has 28 heavy (non-hydrogen) atoms. The summed E-state index contributed by atoms with van der Waals surface area (Å²) < 4.78 is 6.28. The molecule has 0 spiro atoms. The highest BCUT2D eigenvalue weighted by molar-refractivity contribution is 5.92. The molecule has 0 aliphatic carbocycles. The Hall–Kier alpha value is -3.25. The SMILES string of the molecule is COCCn1nc(C(=O)N(Cc2ccccc2)Cc2ccccc2)ccc1=O. The molecule has 3 rings (SSSR count). The molecule has 6 heteroatoms. The number of hydrogen-bond acceptors (Lipinski definition) is 4. The van der Waals surface area contributed by atoms with Gasteiger partial charge in [0, 0.05) is 26.3 Å². The van der Waals surface area contributed by atoms with Gasteiger partial charge >= 0.3 is 0 Å². The fourth-order valence-corrected chi connectivity index (χ4v) is 2.87. The Morgan fingerprint density at radius 2 is 1.50 bits per heavy atom. The highest BCUT2D eigenvalue weighted by Gasteiger charge is 2.19. The Kier molecular flexibility index (Phi) is 6.70. The maximum atomic E-state index is 13.2. The summed E-state index contributed by atoms with van der Waals surface area (Å²) in [6.07, 6.45) is 0. The van der Waals surface area contributed by atoms with Crippen LogP contribution in [0, 0.1) is 0 Å². The summed E-state index contributed by atoms with van der Waals surface area (Å²) in [5.74, 6) is -0.223. The van der Waals surface area contributed by atoms with Gasteiger partial charge in [-0.25, -0.2) is 4.68 Å². The number of carbonyl (C=O) groups is 1. The van der Waals surface area contributed by atoms with Gasteiger partial charge in [0.15, 0.2) is 0 Å². The van der Waals surface area contributed by atoms with E-state index in [1.165, 1.54) is 16.8 Å². The summed E-state index contributed by atoms with van der Waals surface area (Å²) in [7, 11) is 1.56. The number of rotatable bonds is 8. The van der Waals surface area contributed by atoms with Crippen molar-refractivity contribution in [2.45, 2.75) is 19.6 Å². The molecule has 0 aliphatic heterocycles. The van der Waals surface area contributed by atoms with E-state index >= 15 is 0 Å². The Balaban J connectivity index is 1.88. The molecule has 144 valence electrons. The van der Waals surface area contributed by atoms with Crippen molar-refractivity contribution in [2.24, 2.45) is 0 Å². The first kappa shape index (κ1) is 19.5. The Bertz CT molecular complexity index is 914. The zero-order valence-electron chi connectivity index (χ0n) is 15.8. The van der Waals surface area contributed by atoms with E-state index in [9.17, 15) is 9.59 Å². The molecule has 1 heterocycles. The van der Waals surface area contributed by atoms with Crippen LogP contribution in [0.2, 0.25) is 0 Å². The van der Waals surface area contributed by atoms with Crippen molar-refractivity contribution >= 4 is 5.91 Å². The molecule has 1 amide bonds. The minimum atomic E-state index is -0.258. The maximum Gasteiger partial charge on any atom is 0.274 e. The van der Waals surface area contributed by atoms with Gasteiger partial charge in [0.25, 0.3) is 11.5 Å². The lowest BCUT2D eigenvalue weighted by Gasteiger charge is -2.23. The molecular formula is C22H23N3O3. The van der Waals surface area contributed by atoms with E-state index in [-0.39, 0.29) is 17.2 Å². The van der Waals surface area contributed by atoms with Crippen LogP contribution in [-0.4, -0.2) is 34.3 Å². The first-order valence-corrected chi connectivity index (χ1v) is 9.11. The predicted molar refractivity (Wildman–Crippen MR) is 107 cm³/mol. The number of benzene rings is 2. The fraction of sp³-hybridized carbons (Fsp3) is 0.227. The molecule has 0 unspecified atom stereocenters. The highest BCUT2D eigenvalue weighted by Crippen LogP contribution is 2.13. The third-order valence-corrected chi connectivity index (χ3v) is 4.31. The maximum absolute atomic E-state index is 13.2. The zero-order chi connectivity index (χ0) is 19.8. The molecule has 0 saturated carbocycles.